The van der Waals surface area contributed by atoms with Crippen molar-refractivity contribution in [3.8, 4) is 0 Å². The van der Waals surface area contributed by atoms with Crippen molar-refractivity contribution in [1.29, 1.82) is 0 Å². The zero-order valence-electron chi connectivity index (χ0n) is 8.66. The Labute approximate surface area is 90.3 Å². The molecule has 1 unspecified atom stereocenters. The van der Waals surface area contributed by atoms with Crippen LogP contribution in [0.1, 0.15) is 17.7 Å². The maximum Gasteiger partial charge on any atom is 0.0476 e. The van der Waals surface area contributed by atoms with Crippen LogP contribution in [0.2, 0.25) is 0 Å². The molecule has 0 amide bonds. The van der Waals surface area contributed by atoms with Crippen LogP contribution in [0.5, 0.6) is 0 Å². The van der Waals surface area contributed by atoms with Crippen LogP contribution in [0.25, 0.3) is 0 Å². The van der Waals surface area contributed by atoms with Crippen molar-refractivity contribution in [2.45, 2.75) is 25.1 Å². The van der Waals surface area contributed by atoms with Crippen LogP contribution >= 0.6 is 11.6 Å². The summed E-state index contributed by atoms with van der Waals surface area (Å²) in [5.41, 5.74) is 2.29. The molecule has 0 bridgehead atoms. The van der Waals surface area contributed by atoms with Gasteiger partial charge in [-0.3, -0.25) is 4.98 Å². The predicted molar refractivity (Wildman–Crippen MR) is 58.8 cm³/mol. The van der Waals surface area contributed by atoms with Gasteiger partial charge in [0.25, 0.3) is 0 Å². The average Bonchev–Trinajstić information content (AvgIpc) is 2.18. The maximum absolute atomic E-state index is 6.15. The molecule has 0 saturated heterocycles. The molecular weight excluding hydrogens is 198 g/mol. The quantitative estimate of drug-likeness (QED) is 0.702. The molecule has 0 fully saturated rings. The number of pyridine rings is 1. The SMILES string of the molecule is COCCC(Cl)Cc1ncccc1C. The first-order chi connectivity index (χ1) is 6.74. The molecule has 1 aromatic heterocycles. The molecule has 1 aromatic rings. The molecule has 14 heavy (non-hydrogen) atoms. The number of alkyl halides is 1. The van der Waals surface area contributed by atoms with Crippen LogP contribution < -0.4 is 0 Å². The average molecular weight is 214 g/mol. The monoisotopic (exact) mass is 213 g/mol. The van der Waals surface area contributed by atoms with Gasteiger partial charge < -0.3 is 4.74 Å². The molecule has 0 aliphatic carbocycles. The molecule has 0 N–H and O–H groups in total. The highest BCUT2D eigenvalue weighted by molar-refractivity contribution is 6.20. The third-order valence-corrected chi connectivity index (χ3v) is 2.54. The number of ether oxygens (including phenoxy) is 1. The van der Waals surface area contributed by atoms with E-state index in [1.807, 2.05) is 12.3 Å². The smallest absolute Gasteiger partial charge is 0.0476 e. The van der Waals surface area contributed by atoms with Crippen LogP contribution in [0.3, 0.4) is 0 Å². The Kier molecular flexibility index (Phi) is 4.91. The third-order valence-electron chi connectivity index (χ3n) is 2.17. The Morgan fingerprint density at radius 1 is 1.57 bits per heavy atom. The minimum Gasteiger partial charge on any atom is -0.385 e. The summed E-state index contributed by atoms with van der Waals surface area (Å²) in [6.45, 7) is 2.77. The van der Waals surface area contributed by atoms with Gasteiger partial charge in [-0.25, -0.2) is 0 Å². The van der Waals surface area contributed by atoms with Crippen molar-refractivity contribution in [2.24, 2.45) is 0 Å². The van der Waals surface area contributed by atoms with Gasteiger partial charge in [-0.1, -0.05) is 6.07 Å². The lowest BCUT2D eigenvalue weighted by Crippen LogP contribution is -2.09. The van der Waals surface area contributed by atoms with Gasteiger partial charge in [0.15, 0.2) is 0 Å². The van der Waals surface area contributed by atoms with Gasteiger partial charge in [-0.2, -0.15) is 0 Å². The molecule has 78 valence electrons. The lowest BCUT2D eigenvalue weighted by molar-refractivity contribution is 0.193. The summed E-state index contributed by atoms with van der Waals surface area (Å²) in [6.07, 6.45) is 3.49. The van der Waals surface area contributed by atoms with Crippen LogP contribution in [-0.4, -0.2) is 24.1 Å². The van der Waals surface area contributed by atoms with E-state index in [-0.39, 0.29) is 5.38 Å². The molecule has 1 atom stereocenters. The summed E-state index contributed by atoms with van der Waals surface area (Å²) in [6, 6.07) is 4.00. The molecule has 2 nitrogen and oxygen atoms in total. The number of halogens is 1. The van der Waals surface area contributed by atoms with Crippen molar-refractivity contribution < 1.29 is 4.74 Å². The Bertz CT molecular complexity index is 278. The molecular formula is C11H16ClNO. The van der Waals surface area contributed by atoms with Crippen molar-refractivity contribution in [2.75, 3.05) is 13.7 Å². The lowest BCUT2D eigenvalue weighted by Gasteiger charge is -2.09. The Morgan fingerprint density at radius 2 is 2.36 bits per heavy atom. The fraction of sp³-hybridized carbons (Fsp3) is 0.545. The number of methoxy groups -OCH3 is 1. The number of rotatable bonds is 5. The van der Waals surface area contributed by atoms with Crippen molar-refractivity contribution >= 4 is 11.6 Å². The zero-order valence-corrected chi connectivity index (χ0v) is 9.42. The van der Waals surface area contributed by atoms with Crippen LogP contribution in [-0.2, 0) is 11.2 Å². The molecule has 3 heteroatoms. The molecule has 0 aliphatic rings. The van der Waals surface area contributed by atoms with Gasteiger partial charge in [0.2, 0.25) is 0 Å². The molecule has 0 aliphatic heterocycles. The van der Waals surface area contributed by atoms with E-state index in [1.165, 1.54) is 5.56 Å². The van der Waals surface area contributed by atoms with Crippen LogP contribution in [0.4, 0.5) is 0 Å². The van der Waals surface area contributed by atoms with E-state index in [0.29, 0.717) is 6.61 Å². The van der Waals surface area contributed by atoms with Crippen molar-refractivity contribution in [3.05, 3.63) is 29.6 Å². The van der Waals surface area contributed by atoms with E-state index in [1.54, 1.807) is 7.11 Å². The first-order valence-electron chi connectivity index (χ1n) is 4.77. The summed E-state index contributed by atoms with van der Waals surface area (Å²) < 4.78 is 4.98. The van der Waals surface area contributed by atoms with E-state index in [0.717, 1.165) is 18.5 Å². The Morgan fingerprint density at radius 3 is 3.00 bits per heavy atom. The molecule has 0 saturated carbocycles. The first-order valence-corrected chi connectivity index (χ1v) is 5.21. The summed E-state index contributed by atoms with van der Waals surface area (Å²) in [4.78, 5) is 4.30. The van der Waals surface area contributed by atoms with Crippen molar-refractivity contribution in [3.63, 3.8) is 0 Å². The van der Waals surface area contributed by atoms with E-state index >= 15 is 0 Å². The second-order valence-corrected chi connectivity index (χ2v) is 3.97. The van der Waals surface area contributed by atoms with E-state index in [2.05, 4.69) is 18.0 Å². The molecule has 0 radical (unpaired) electrons. The number of aromatic nitrogens is 1. The molecule has 0 aromatic carbocycles. The molecule has 1 heterocycles. The zero-order chi connectivity index (χ0) is 10.4. The summed E-state index contributed by atoms with van der Waals surface area (Å²) in [5.74, 6) is 0. The topological polar surface area (TPSA) is 22.1 Å². The fourth-order valence-corrected chi connectivity index (χ4v) is 1.52. The van der Waals surface area contributed by atoms with E-state index in [4.69, 9.17) is 16.3 Å². The van der Waals surface area contributed by atoms with Gasteiger partial charge in [0.05, 0.1) is 0 Å². The number of hydrogen-bond donors (Lipinski definition) is 0. The van der Waals surface area contributed by atoms with Gasteiger partial charge in [0.1, 0.15) is 0 Å². The summed E-state index contributed by atoms with van der Waals surface area (Å²) in [5, 5.41) is 0.114. The third kappa shape index (κ3) is 3.64. The number of aryl methyl sites for hydroxylation is 1. The normalized spacial score (nSPS) is 12.8. The minimum atomic E-state index is 0.114. The summed E-state index contributed by atoms with van der Waals surface area (Å²) >= 11 is 6.15. The van der Waals surface area contributed by atoms with E-state index < -0.39 is 0 Å². The van der Waals surface area contributed by atoms with Gasteiger partial charge in [-0.05, 0) is 25.0 Å². The Balaban J connectivity index is 2.47. The highest BCUT2D eigenvalue weighted by Crippen LogP contribution is 2.12. The largest absolute Gasteiger partial charge is 0.385 e. The van der Waals surface area contributed by atoms with Gasteiger partial charge in [0, 0.05) is 37.4 Å². The van der Waals surface area contributed by atoms with Crippen LogP contribution in [0.15, 0.2) is 18.3 Å². The Hall–Kier alpha value is -0.600. The second-order valence-electron chi connectivity index (χ2n) is 3.35. The molecule has 0 spiro atoms. The maximum atomic E-state index is 6.15. The van der Waals surface area contributed by atoms with Gasteiger partial charge >= 0.3 is 0 Å². The standard InChI is InChI=1S/C11H16ClNO/c1-9-4-3-6-13-11(9)8-10(12)5-7-14-2/h3-4,6,10H,5,7-8H2,1-2H3. The van der Waals surface area contributed by atoms with Crippen LogP contribution in [0, 0.1) is 6.92 Å². The van der Waals surface area contributed by atoms with Crippen molar-refractivity contribution in [1.82, 2.24) is 4.98 Å². The highest BCUT2D eigenvalue weighted by atomic mass is 35.5. The summed E-state index contributed by atoms with van der Waals surface area (Å²) in [7, 11) is 1.69. The fourth-order valence-electron chi connectivity index (χ4n) is 1.29. The highest BCUT2D eigenvalue weighted by Gasteiger charge is 2.08. The minimum absolute atomic E-state index is 0.114. The molecule has 1 rings (SSSR count). The predicted octanol–water partition coefficient (Wildman–Crippen LogP) is 2.58. The van der Waals surface area contributed by atoms with E-state index in [9.17, 15) is 0 Å². The second kappa shape index (κ2) is 5.99. The van der Waals surface area contributed by atoms with Gasteiger partial charge in [-0.15, -0.1) is 11.6 Å². The first kappa shape index (κ1) is 11.5. The lowest BCUT2D eigenvalue weighted by atomic mass is 10.1. The number of nitrogens with zero attached hydrogens (tertiary/aromatic N) is 1. The number of hydrogen-bond acceptors (Lipinski definition) is 2.